The van der Waals surface area contributed by atoms with Crippen molar-refractivity contribution in [2.45, 2.75) is 19.8 Å². The Balaban J connectivity index is 0.00000392. The standard InChI is InChI=1S/C17H21BrN4O4S.2Na/c1-2-8-22(9-3-10-27(24,25)26)14-5-6-15(16(23)11-14)20-21-17-7-4-13(18)12-19-17;;/h4-7,11-12,23H,2-3,8-10H2,1H3,(H,24,25,26);;. The Morgan fingerprint density at radius 2 is 1.86 bits per heavy atom. The van der Waals surface area contributed by atoms with E-state index in [9.17, 15) is 13.5 Å². The molecule has 0 aliphatic carbocycles. The van der Waals surface area contributed by atoms with Crippen molar-refractivity contribution in [3.05, 3.63) is 41.0 Å². The number of aromatic nitrogens is 1. The number of pyridine rings is 1. The van der Waals surface area contributed by atoms with Crippen LogP contribution in [0.1, 0.15) is 19.8 Å². The average Bonchev–Trinajstić information content (AvgIpc) is 2.60. The van der Waals surface area contributed by atoms with Crippen molar-refractivity contribution in [1.29, 1.82) is 0 Å². The van der Waals surface area contributed by atoms with Crippen LogP contribution in [-0.2, 0) is 10.1 Å². The van der Waals surface area contributed by atoms with Gasteiger partial charge in [-0.3, -0.25) is 4.55 Å². The summed E-state index contributed by atoms with van der Waals surface area (Å²) in [4.78, 5) is 6.03. The molecule has 0 bridgehead atoms. The van der Waals surface area contributed by atoms with Crippen LogP contribution < -0.4 is 4.90 Å². The zero-order valence-corrected chi connectivity index (χ0v) is 23.2. The fourth-order valence-electron chi connectivity index (χ4n) is 2.40. The van der Waals surface area contributed by atoms with Gasteiger partial charge in [0.05, 0.1) is 5.75 Å². The first kappa shape index (κ1) is 29.0. The van der Waals surface area contributed by atoms with Crippen molar-refractivity contribution in [3.63, 3.8) is 0 Å². The number of phenolic OH excluding ortho intramolecular Hbond substituents is 1. The molecule has 0 saturated carbocycles. The van der Waals surface area contributed by atoms with Gasteiger partial charge in [0.2, 0.25) is 0 Å². The molecule has 148 valence electrons. The maximum absolute atomic E-state index is 10.9. The predicted molar refractivity (Wildman–Crippen MR) is 119 cm³/mol. The van der Waals surface area contributed by atoms with Crippen molar-refractivity contribution in [2.75, 3.05) is 23.7 Å². The molecule has 0 amide bonds. The van der Waals surface area contributed by atoms with Crippen LogP contribution in [-0.4, -0.2) is 101 Å². The zero-order valence-electron chi connectivity index (χ0n) is 16.8. The van der Waals surface area contributed by atoms with E-state index in [-0.39, 0.29) is 77.0 Å². The van der Waals surface area contributed by atoms with Gasteiger partial charge in [0.25, 0.3) is 10.1 Å². The number of rotatable bonds is 9. The number of nitrogens with zero attached hydrogens (tertiary/aromatic N) is 4. The first-order chi connectivity index (χ1) is 12.8. The second-order valence-corrected chi connectivity index (χ2v) is 8.32. The molecule has 1 aromatic carbocycles. The van der Waals surface area contributed by atoms with Gasteiger partial charge in [-0.25, -0.2) is 4.98 Å². The van der Waals surface area contributed by atoms with Crippen molar-refractivity contribution in [1.82, 2.24) is 4.98 Å². The average molecular weight is 503 g/mol. The Morgan fingerprint density at radius 1 is 1.14 bits per heavy atom. The van der Waals surface area contributed by atoms with Crippen LogP contribution in [0.5, 0.6) is 5.75 Å². The minimum absolute atomic E-state index is 0. The molecule has 2 rings (SSSR count). The molecule has 1 heterocycles. The molecule has 0 fully saturated rings. The van der Waals surface area contributed by atoms with Crippen LogP contribution in [0.15, 0.2) is 51.2 Å². The third kappa shape index (κ3) is 10.7. The van der Waals surface area contributed by atoms with E-state index in [0.717, 1.165) is 16.6 Å². The fourth-order valence-corrected chi connectivity index (χ4v) is 3.13. The molecule has 12 heteroatoms. The normalized spacial score (nSPS) is 11.0. The summed E-state index contributed by atoms with van der Waals surface area (Å²) >= 11 is 3.29. The molecule has 0 atom stereocenters. The van der Waals surface area contributed by atoms with Gasteiger partial charge in [-0.1, -0.05) is 6.92 Å². The molecule has 2 radical (unpaired) electrons. The predicted octanol–water partition coefficient (Wildman–Crippen LogP) is 3.70. The summed E-state index contributed by atoms with van der Waals surface area (Å²) in [7, 11) is -3.98. The van der Waals surface area contributed by atoms with Gasteiger partial charge in [-0.15, -0.1) is 10.2 Å². The van der Waals surface area contributed by atoms with Crippen LogP contribution >= 0.6 is 15.9 Å². The van der Waals surface area contributed by atoms with Gasteiger partial charge in [0, 0.05) is 94.6 Å². The maximum atomic E-state index is 10.9. The smallest absolute Gasteiger partial charge is 0.264 e. The molecule has 0 saturated heterocycles. The van der Waals surface area contributed by atoms with E-state index in [1.165, 1.54) is 0 Å². The fraction of sp³-hybridized carbons (Fsp3) is 0.353. The van der Waals surface area contributed by atoms with Crippen LogP contribution in [0.4, 0.5) is 17.2 Å². The number of benzene rings is 1. The molecule has 0 aliphatic heterocycles. The van der Waals surface area contributed by atoms with Crippen molar-refractivity contribution >= 4 is 102 Å². The van der Waals surface area contributed by atoms with E-state index in [1.807, 2.05) is 11.8 Å². The minimum Gasteiger partial charge on any atom is -0.506 e. The van der Waals surface area contributed by atoms with E-state index in [1.54, 1.807) is 36.5 Å². The third-order valence-electron chi connectivity index (χ3n) is 3.62. The largest absolute Gasteiger partial charge is 0.506 e. The molecule has 2 N–H and O–H groups in total. The second kappa shape index (κ2) is 14.1. The minimum atomic E-state index is -3.98. The van der Waals surface area contributed by atoms with Gasteiger partial charge < -0.3 is 10.0 Å². The summed E-state index contributed by atoms with van der Waals surface area (Å²) in [5.74, 6) is 0.0785. The molecule has 0 unspecified atom stereocenters. The zero-order chi connectivity index (χ0) is 19.9. The number of phenols is 1. The summed E-state index contributed by atoms with van der Waals surface area (Å²) in [6.45, 7) is 3.13. The van der Waals surface area contributed by atoms with Crippen LogP contribution in [0, 0.1) is 0 Å². The molecule has 8 nitrogen and oxygen atoms in total. The van der Waals surface area contributed by atoms with E-state index in [4.69, 9.17) is 4.55 Å². The molecular weight excluding hydrogens is 482 g/mol. The Bertz CT molecular complexity index is 899. The van der Waals surface area contributed by atoms with E-state index in [2.05, 4.69) is 31.1 Å². The van der Waals surface area contributed by atoms with Gasteiger partial charge in [0.15, 0.2) is 5.82 Å². The monoisotopic (exact) mass is 502 g/mol. The Morgan fingerprint density at radius 3 is 2.41 bits per heavy atom. The molecule has 0 spiro atoms. The number of anilines is 1. The van der Waals surface area contributed by atoms with Gasteiger partial charge in [0.1, 0.15) is 11.4 Å². The maximum Gasteiger partial charge on any atom is 0.264 e. The molecule has 29 heavy (non-hydrogen) atoms. The topological polar surface area (TPSA) is 115 Å². The first-order valence-electron chi connectivity index (χ1n) is 8.35. The van der Waals surface area contributed by atoms with E-state index in [0.29, 0.717) is 24.6 Å². The Kier molecular flexibility index (Phi) is 14.1. The first-order valence-corrected chi connectivity index (χ1v) is 10.7. The van der Waals surface area contributed by atoms with E-state index < -0.39 is 10.1 Å². The molecule has 0 aliphatic rings. The molecule has 1 aromatic heterocycles. The quantitative estimate of drug-likeness (QED) is 0.307. The Labute approximate surface area is 223 Å². The van der Waals surface area contributed by atoms with Crippen molar-refractivity contribution < 1.29 is 18.1 Å². The van der Waals surface area contributed by atoms with Crippen LogP contribution in [0.25, 0.3) is 0 Å². The van der Waals surface area contributed by atoms with Crippen LogP contribution in [0.3, 0.4) is 0 Å². The number of azo groups is 1. The summed E-state index contributed by atoms with van der Waals surface area (Å²) in [5.41, 5.74) is 1.04. The van der Waals surface area contributed by atoms with Gasteiger partial charge in [-0.05, 0) is 53.0 Å². The summed E-state index contributed by atoms with van der Waals surface area (Å²) in [6, 6.07) is 8.47. The van der Waals surface area contributed by atoms with Crippen molar-refractivity contribution in [2.24, 2.45) is 10.2 Å². The third-order valence-corrected chi connectivity index (χ3v) is 4.89. The number of hydrogen-bond donors (Lipinski definition) is 2. The summed E-state index contributed by atoms with van der Waals surface area (Å²) in [5, 5.41) is 18.2. The molecule has 2 aromatic rings. The van der Waals surface area contributed by atoms with Crippen molar-refractivity contribution in [3.8, 4) is 5.75 Å². The number of halogens is 1. The Hall–Kier alpha value is -0.0400. The second-order valence-electron chi connectivity index (χ2n) is 5.83. The van der Waals surface area contributed by atoms with Gasteiger partial charge >= 0.3 is 0 Å². The van der Waals surface area contributed by atoms with Gasteiger partial charge in [-0.2, -0.15) is 8.42 Å². The van der Waals surface area contributed by atoms with Crippen LogP contribution in [0.2, 0.25) is 0 Å². The summed E-state index contributed by atoms with van der Waals surface area (Å²) in [6.07, 6.45) is 2.74. The van der Waals surface area contributed by atoms with E-state index >= 15 is 0 Å². The SMILES string of the molecule is CCCN(CCCS(=O)(=O)O)c1ccc(N=Nc2ccc(Br)cn2)c(O)c1.[Na].[Na]. The summed E-state index contributed by atoms with van der Waals surface area (Å²) < 4.78 is 31.5. The molecular formula is C17H21BrN4Na2O4S. The number of hydrogen-bond acceptors (Lipinski definition) is 7. The number of aromatic hydroxyl groups is 1.